The van der Waals surface area contributed by atoms with Crippen molar-refractivity contribution < 1.29 is 19.4 Å². The van der Waals surface area contributed by atoms with Gasteiger partial charge in [-0.05, 0) is 37.6 Å². The number of fused-ring (bicyclic) bond motifs is 1. The Balaban J connectivity index is 0.000000336. The van der Waals surface area contributed by atoms with Gasteiger partial charge in [-0.25, -0.2) is 4.79 Å². The van der Waals surface area contributed by atoms with Crippen molar-refractivity contribution in [2.45, 2.75) is 20.0 Å². The molecule has 0 radical (unpaired) electrons. The van der Waals surface area contributed by atoms with Crippen molar-refractivity contribution in [1.82, 2.24) is 4.90 Å². The molecule has 3 aromatic carbocycles. The van der Waals surface area contributed by atoms with Gasteiger partial charge in [0.1, 0.15) is 12.7 Å². The largest absolute Gasteiger partial charge is 0.486 e. The van der Waals surface area contributed by atoms with Gasteiger partial charge in [-0.3, -0.25) is 4.90 Å². The zero-order valence-electron chi connectivity index (χ0n) is 19.8. The Kier molecular flexibility index (Phi) is 7.70. The lowest BCUT2D eigenvalue weighted by molar-refractivity contribution is 0.0571. The van der Waals surface area contributed by atoms with Crippen LogP contribution in [0.3, 0.4) is 0 Å². The molecule has 2 heterocycles. The summed E-state index contributed by atoms with van der Waals surface area (Å²) in [6, 6.07) is 23.5. The smallest absolute Gasteiger partial charge is 0.337 e. The Bertz CT molecular complexity index is 1090. The van der Waals surface area contributed by atoms with Crippen LogP contribution in [0.4, 0.5) is 5.69 Å². The number of aromatic carboxylic acids is 1. The Morgan fingerprint density at radius 3 is 2.21 bits per heavy atom. The number of para-hydroxylation sites is 3. The molecule has 0 saturated carbocycles. The highest BCUT2D eigenvalue weighted by Crippen LogP contribution is 2.31. The first kappa shape index (κ1) is 23.6. The van der Waals surface area contributed by atoms with E-state index >= 15 is 0 Å². The number of carbonyl (C=O) groups is 1. The molecule has 3 aromatic rings. The number of rotatable bonds is 4. The molecule has 1 N–H and O–H groups in total. The Morgan fingerprint density at radius 1 is 0.882 bits per heavy atom. The summed E-state index contributed by atoms with van der Waals surface area (Å²) in [4.78, 5) is 16.1. The first-order chi connectivity index (χ1) is 16.5. The molecule has 1 unspecified atom stereocenters. The predicted octanol–water partition coefficient (Wildman–Crippen LogP) is 4.65. The van der Waals surface area contributed by atoms with Crippen molar-refractivity contribution in [2.75, 3.05) is 44.2 Å². The highest BCUT2D eigenvalue weighted by molar-refractivity contribution is 5.95. The number of anilines is 1. The second-order valence-corrected chi connectivity index (χ2v) is 8.72. The number of benzene rings is 3. The number of nitrogens with zero attached hydrogens (tertiary/aromatic N) is 2. The van der Waals surface area contributed by atoms with E-state index in [2.05, 4.69) is 28.9 Å². The molecule has 0 amide bonds. The maximum atomic E-state index is 11.6. The van der Waals surface area contributed by atoms with E-state index in [1.807, 2.05) is 55.5 Å². The van der Waals surface area contributed by atoms with Gasteiger partial charge in [-0.1, -0.05) is 60.2 Å². The molecular formula is C28H32N2O4. The molecule has 2 aliphatic heterocycles. The first-order valence-electron chi connectivity index (χ1n) is 11.7. The lowest BCUT2D eigenvalue weighted by atomic mass is 10.1. The predicted molar refractivity (Wildman–Crippen MR) is 134 cm³/mol. The van der Waals surface area contributed by atoms with Gasteiger partial charge in [0.15, 0.2) is 11.5 Å². The van der Waals surface area contributed by atoms with Crippen molar-refractivity contribution >= 4 is 11.7 Å². The van der Waals surface area contributed by atoms with E-state index in [9.17, 15) is 9.90 Å². The minimum absolute atomic E-state index is 0.0134. The van der Waals surface area contributed by atoms with E-state index in [1.165, 1.54) is 5.56 Å². The van der Waals surface area contributed by atoms with Crippen LogP contribution in [0.2, 0.25) is 0 Å². The van der Waals surface area contributed by atoms with E-state index in [-0.39, 0.29) is 6.10 Å². The third-order valence-corrected chi connectivity index (χ3v) is 6.13. The molecule has 6 heteroatoms. The van der Waals surface area contributed by atoms with Crippen molar-refractivity contribution in [3.05, 3.63) is 89.5 Å². The highest BCUT2D eigenvalue weighted by atomic mass is 16.6. The van der Waals surface area contributed by atoms with E-state index in [1.54, 1.807) is 12.1 Å². The fourth-order valence-electron chi connectivity index (χ4n) is 4.38. The number of ether oxygens (including phenoxy) is 2. The fraction of sp³-hybridized carbons (Fsp3) is 0.321. The van der Waals surface area contributed by atoms with Crippen LogP contribution in [0, 0.1) is 13.8 Å². The van der Waals surface area contributed by atoms with Crippen LogP contribution in [0.5, 0.6) is 11.5 Å². The molecule has 6 nitrogen and oxygen atoms in total. The van der Waals surface area contributed by atoms with E-state index in [4.69, 9.17) is 9.47 Å². The van der Waals surface area contributed by atoms with Gasteiger partial charge < -0.3 is 19.5 Å². The third kappa shape index (κ3) is 5.88. The van der Waals surface area contributed by atoms with Crippen LogP contribution in [0.1, 0.15) is 21.5 Å². The molecule has 0 aromatic heterocycles. The van der Waals surface area contributed by atoms with Gasteiger partial charge in [0, 0.05) is 32.7 Å². The molecule has 0 spiro atoms. The molecule has 34 heavy (non-hydrogen) atoms. The summed E-state index contributed by atoms with van der Waals surface area (Å²) in [6.45, 7) is 8.76. The van der Waals surface area contributed by atoms with Crippen LogP contribution in [0.15, 0.2) is 72.8 Å². The second kappa shape index (κ2) is 11.1. The van der Waals surface area contributed by atoms with Gasteiger partial charge in [-0.2, -0.15) is 0 Å². The molecule has 1 atom stereocenters. The minimum Gasteiger partial charge on any atom is -0.486 e. The Hall–Kier alpha value is -3.51. The van der Waals surface area contributed by atoms with Crippen molar-refractivity contribution in [2.24, 2.45) is 0 Å². The maximum absolute atomic E-state index is 11.6. The minimum atomic E-state index is -0.873. The SMILES string of the molecule is Cc1cccc(C(=O)O)c1N1CCN(CC2COc3ccccc3O2)CC1.Cc1ccccc1. The standard InChI is InChI=1S/C21H24N2O4.C7H8/c1-15-5-4-6-17(21(24)25)20(15)23-11-9-22(10-12-23)13-16-14-26-18-7-2-3-8-19(18)27-16;1-7-5-3-2-4-6-7/h2-8,16H,9-14H2,1H3,(H,24,25);2-6H,1H3. The Morgan fingerprint density at radius 2 is 1.56 bits per heavy atom. The van der Waals surface area contributed by atoms with E-state index in [0.29, 0.717) is 12.2 Å². The van der Waals surface area contributed by atoms with Crippen LogP contribution in [0.25, 0.3) is 0 Å². The van der Waals surface area contributed by atoms with Crippen molar-refractivity contribution in [3.63, 3.8) is 0 Å². The molecule has 5 rings (SSSR count). The number of hydrogen-bond acceptors (Lipinski definition) is 5. The van der Waals surface area contributed by atoms with Gasteiger partial charge in [-0.15, -0.1) is 0 Å². The number of carboxylic acid groups (broad SMARTS) is 1. The molecule has 2 aliphatic rings. The zero-order valence-corrected chi connectivity index (χ0v) is 19.8. The average Bonchev–Trinajstić information content (AvgIpc) is 2.85. The van der Waals surface area contributed by atoms with Crippen LogP contribution < -0.4 is 14.4 Å². The second-order valence-electron chi connectivity index (χ2n) is 8.72. The number of aryl methyl sites for hydroxylation is 2. The van der Waals surface area contributed by atoms with Gasteiger partial charge >= 0.3 is 5.97 Å². The fourth-order valence-corrected chi connectivity index (χ4v) is 4.38. The lowest BCUT2D eigenvalue weighted by Crippen LogP contribution is -2.51. The molecular weight excluding hydrogens is 428 g/mol. The molecule has 0 aliphatic carbocycles. The lowest BCUT2D eigenvalue weighted by Gasteiger charge is -2.39. The maximum Gasteiger partial charge on any atom is 0.337 e. The van der Waals surface area contributed by atoms with Crippen molar-refractivity contribution in [1.29, 1.82) is 0 Å². The summed E-state index contributed by atoms with van der Waals surface area (Å²) < 4.78 is 11.9. The summed E-state index contributed by atoms with van der Waals surface area (Å²) in [7, 11) is 0. The van der Waals surface area contributed by atoms with Gasteiger partial charge in [0.05, 0.1) is 11.3 Å². The summed E-state index contributed by atoms with van der Waals surface area (Å²) in [5.41, 5.74) is 3.55. The highest BCUT2D eigenvalue weighted by Gasteiger charge is 2.27. The van der Waals surface area contributed by atoms with E-state index in [0.717, 1.165) is 55.5 Å². The normalized spacial score (nSPS) is 17.5. The summed E-state index contributed by atoms with van der Waals surface area (Å²) >= 11 is 0. The molecule has 1 saturated heterocycles. The topological polar surface area (TPSA) is 62.2 Å². The van der Waals surface area contributed by atoms with Crippen molar-refractivity contribution in [3.8, 4) is 11.5 Å². The number of hydrogen-bond donors (Lipinski definition) is 1. The van der Waals surface area contributed by atoms with Crippen LogP contribution in [-0.4, -0.2) is 61.4 Å². The Labute approximate surface area is 201 Å². The van der Waals surface area contributed by atoms with Crippen LogP contribution >= 0.6 is 0 Å². The summed E-state index contributed by atoms with van der Waals surface area (Å²) in [6.07, 6.45) is 0.0134. The average molecular weight is 461 g/mol. The monoisotopic (exact) mass is 460 g/mol. The number of piperazine rings is 1. The first-order valence-corrected chi connectivity index (χ1v) is 11.7. The number of carboxylic acids is 1. The molecule has 1 fully saturated rings. The molecule has 178 valence electrons. The third-order valence-electron chi connectivity index (χ3n) is 6.13. The summed E-state index contributed by atoms with van der Waals surface area (Å²) in [5.74, 6) is 0.736. The van der Waals surface area contributed by atoms with E-state index < -0.39 is 5.97 Å². The van der Waals surface area contributed by atoms with Crippen LogP contribution in [-0.2, 0) is 0 Å². The zero-order chi connectivity index (χ0) is 23.9. The summed E-state index contributed by atoms with van der Waals surface area (Å²) in [5, 5.41) is 9.50. The van der Waals surface area contributed by atoms with Gasteiger partial charge in [0.2, 0.25) is 0 Å². The van der Waals surface area contributed by atoms with Gasteiger partial charge in [0.25, 0.3) is 0 Å². The molecule has 0 bridgehead atoms. The quantitative estimate of drug-likeness (QED) is 0.612.